The summed E-state index contributed by atoms with van der Waals surface area (Å²) in [5, 5.41) is 41.9. The van der Waals surface area contributed by atoms with Crippen LogP contribution in [0.4, 0.5) is 0 Å². The van der Waals surface area contributed by atoms with Crippen molar-refractivity contribution in [3.63, 3.8) is 0 Å². The highest BCUT2D eigenvalue weighted by Crippen LogP contribution is 2.56. The lowest BCUT2D eigenvalue weighted by Gasteiger charge is -2.52. The fourth-order valence-electron chi connectivity index (χ4n) is 10.9. The predicted octanol–water partition coefficient (Wildman–Crippen LogP) is 12.6. The Hall–Kier alpha value is -3.92. The Balaban J connectivity index is 1.23. The quantitative estimate of drug-likeness (QED) is 0.130. The molecule has 4 N–H and O–H groups in total. The standard InChI is InChI=1S/C51H68O4/c1-31-23-45(52)35(5)19-39(31)27-50(28-40-20-36(6)46(53)24-32(40)2)15-11-43(12-16-50)49(9,10)44-13-17-51(18-14-44,29-41-21-37(7)47(54)25-33(41)3)30-42-22-38(8)48(55)26-34(42)4/h19-26,43-44,52-55H,11-18,27-30H2,1-10H3. The lowest BCUT2D eigenvalue weighted by Crippen LogP contribution is -2.43. The highest BCUT2D eigenvalue weighted by Gasteiger charge is 2.47. The Kier molecular flexibility index (Phi) is 11.5. The molecule has 0 amide bonds. The second-order valence-corrected chi connectivity index (χ2v) is 19.3. The van der Waals surface area contributed by atoms with Gasteiger partial charge in [0.1, 0.15) is 23.0 Å². The predicted molar refractivity (Wildman–Crippen MR) is 228 cm³/mol. The maximum atomic E-state index is 10.5. The molecule has 0 aliphatic heterocycles. The van der Waals surface area contributed by atoms with E-state index in [2.05, 4.69) is 65.8 Å². The highest BCUT2D eigenvalue weighted by molar-refractivity contribution is 5.45. The topological polar surface area (TPSA) is 80.9 Å². The normalized spacial score (nSPS) is 17.8. The van der Waals surface area contributed by atoms with Crippen LogP contribution in [0.15, 0.2) is 48.5 Å². The smallest absolute Gasteiger partial charge is 0.118 e. The van der Waals surface area contributed by atoms with E-state index in [0.717, 1.165) is 47.9 Å². The van der Waals surface area contributed by atoms with E-state index in [9.17, 15) is 20.4 Å². The van der Waals surface area contributed by atoms with Gasteiger partial charge in [-0.25, -0.2) is 0 Å². The van der Waals surface area contributed by atoms with E-state index in [4.69, 9.17) is 0 Å². The van der Waals surface area contributed by atoms with Crippen LogP contribution in [-0.2, 0) is 25.7 Å². The van der Waals surface area contributed by atoms with Gasteiger partial charge >= 0.3 is 0 Å². The van der Waals surface area contributed by atoms with Crippen LogP contribution >= 0.6 is 0 Å². The minimum Gasteiger partial charge on any atom is -0.508 e. The van der Waals surface area contributed by atoms with Crippen molar-refractivity contribution in [2.45, 2.75) is 146 Å². The van der Waals surface area contributed by atoms with Crippen LogP contribution < -0.4 is 0 Å². The zero-order valence-corrected chi connectivity index (χ0v) is 35.5. The summed E-state index contributed by atoms with van der Waals surface area (Å²) in [7, 11) is 0. The fourth-order valence-corrected chi connectivity index (χ4v) is 10.9. The van der Waals surface area contributed by atoms with Crippen molar-refractivity contribution in [3.05, 3.63) is 115 Å². The third-order valence-corrected chi connectivity index (χ3v) is 15.1. The molecule has 296 valence electrons. The number of aryl methyl sites for hydroxylation is 8. The van der Waals surface area contributed by atoms with E-state index in [1.807, 2.05) is 52.0 Å². The molecule has 4 aromatic carbocycles. The summed E-state index contributed by atoms with van der Waals surface area (Å²) >= 11 is 0. The van der Waals surface area contributed by atoms with Crippen molar-refractivity contribution < 1.29 is 20.4 Å². The molecule has 55 heavy (non-hydrogen) atoms. The molecule has 2 aliphatic carbocycles. The van der Waals surface area contributed by atoms with E-state index < -0.39 is 0 Å². The molecule has 0 saturated heterocycles. The molecular weight excluding hydrogens is 677 g/mol. The van der Waals surface area contributed by atoms with E-state index >= 15 is 0 Å². The number of phenols is 4. The molecule has 0 heterocycles. The first kappa shape index (κ1) is 40.7. The van der Waals surface area contributed by atoms with Crippen LogP contribution in [0.1, 0.15) is 132 Å². The molecule has 2 saturated carbocycles. The van der Waals surface area contributed by atoms with Gasteiger partial charge in [0.05, 0.1) is 0 Å². The molecule has 4 heteroatoms. The van der Waals surface area contributed by atoms with Gasteiger partial charge in [-0.1, -0.05) is 38.1 Å². The number of rotatable bonds is 10. The largest absolute Gasteiger partial charge is 0.508 e. The molecule has 0 aromatic heterocycles. The van der Waals surface area contributed by atoms with Gasteiger partial charge in [0.2, 0.25) is 0 Å². The molecule has 6 rings (SSSR count). The van der Waals surface area contributed by atoms with Gasteiger partial charge in [0, 0.05) is 0 Å². The summed E-state index contributed by atoms with van der Waals surface area (Å²) in [6.45, 7) is 21.8. The molecule has 0 unspecified atom stereocenters. The van der Waals surface area contributed by atoms with Crippen molar-refractivity contribution in [2.75, 3.05) is 0 Å². The number of benzene rings is 4. The molecule has 0 bridgehead atoms. The van der Waals surface area contributed by atoms with E-state index in [-0.39, 0.29) is 16.2 Å². The highest BCUT2D eigenvalue weighted by atomic mass is 16.3. The molecule has 4 nitrogen and oxygen atoms in total. The SMILES string of the molecule is Cc1cc(CC2(Cc3cc(C)c(O)cc3C)CCC(C(C)(C)C3CCC(Cc4cc(C)c(O)cc4C)(Cc4cc(C)c(O)cc4C)CC3)CC2)c(C)cc1O. The van der Waals surface area contributed by atoms with Crippen molar-refractivity contribution >= 4 is 0 Å². The number of hydrogen-bond donors (Lipinski definition) is 4. The molecule has 0 spiro atoms. The molecular formula is C51H68O4. The molecule has 2 fully saturated rings. The van der Waals surface area contributed by atoms with Gasteiger partial charge in [-0.3, -0.25) is 0 Å². The maximum Gasteiger partial charge on any atom is 0.118 e. The molecule has 2 aliphatic rings. The van der Waals surface area contributed by atoms with Gasteiger partial charge in [-0.2, -0.15) is 0 Å². The zero-order chi connectivity index (χ0) is 40.0. The average Bonchev–Trinajstić information content (AvgIpc) is 3.11. The van der Waals surface area contributed by atoms with Gasteiger partial charge in [0.15, 0.2) is 0 Å². The third-order valence-electron chi connectivity index (χ3n) is 15.1. The molecule has 0 atom stereocenters. The van der Waals surface area contributed by atoms with Gasteiger partial charge < -0.3 is 20.4 Å². The minimum absolute atomic E-state index is 0.122. The Morgan fingerprint density at radius 2 is 0.618 bits per heavy atom. The summed E-state index contributed by atoms with van der Waals surface area (Å²) < 4.78 is 0. The van der Waals surface area contributed by atoms with Crippen molar-refractivity contribution in [3.8, 4) is 23.0 Å². The summed E-state index contributed by atoms with van der Waals surface area (Å²) in [5.74, 6) is 2.83. The van der Waals surface area contributed by atoms with Crippen molar-refractivity contribution in [2.24, 2.45) is 28.1 Å². The van der Waals surface area contributed by atoms with Crippen LogP contribution in [-0.4, -0.2) is 20.4 Å². The van der Waals surface area contributed by atoms with Crippen LogP contribution in [0.5, 0.6) is 23.0 Å². The first-order valence-electron chi connectivity index (χ1n) is 21.0. The zero-order valence-electron chi connectivity index (χ0n) is 35.5. The van der Waals surface area contributed by atoms with Gasteiger partial charge in [-0.05, 0) is 252 Å². The second-order valence-electron chi connectivity index (χ2n) is 19.3. The average molecular weight is 745 g/mol. The number of aromatic hydroxyl groups is 4. The van der Waals surface area contributed by atoms with Crippen LogP contribution in [0.3, 0.4) is 0 Å². The Labute approximate surface area is 332 Å². The second kappa shape index (κ2) is 15.5. The maximum absolute atomic E-state index is 10.5. The van der Waals surface area contributed by atoms with Crippen LogP contribution in [0, 0.1) is 83.5 Å². The summed E-state index contributed by atoms with van der Waals surface area (Å²) in [6, 6.07) is 16.6. The van der Waals surface area contributed by atoms with Crippen molar-refractivity contribution in [1.29, 1.82) is 0 Å². The monoisotopic (exact) mass is 745 g/mol. The lowest BCUT2D eigenvalue weighted by atomic mass is 9.53. The van der Waals surface area contributed by atoms with E-state index in [0.29, 0.717) is 34.8 Å². The van der Waals surface area contributed by atoms with Crippen LogP contribution in [0.2, 0.25) is 0 Å². The first-order valence-corrected chi connectivity index (χ1v) is 21.0. The summed E-state index contributed by atoms with van der Waals surface area (Å²) in [5.41, 5.74) is 14.3. The summed E-state index contributed by atoms with van der Waals surface area (Å²) in [4.78, 5) is 0. The van der Waals surface area contributed by atoms with Gasteiger partial charge in [0.25, 0.3) is 0 Å². The van der Waals surface area contributed by atoms with E-state index in [1.165, 1.54) is 95.9 Å². The van der Waals surface area contributed by atoms with Crippen LogP contribution in [0.25, 0.3) is 0 Å². The van der Waals surface area contributed by atoms with Gasteiger partial charge in [-0.15, -0.1) is 0 Å². The lowest BCUT2D eigenvalue weighted by molar-refractivity contribution is 0.00135. The first-order chi connectivity index (χ1) is 25.8. The Morgan fingerprint density at radius 3 is 0.836 bits per heavy atom. The number of phenolic OH excluding ortho intramolecular Hbond substituents is 4. The minimum atomic E-state index is 0.122. The third kappa shape index (κ3) is 8.59. The Bertz CT molecular complexity index is 1770. The Morgan fingerprint density at radius 1 is 0.400 bits per heavy atom. The number of hydrogen-bond acceptors (Lipinski definition) is 4. The molecule has 4 aromatic rings. The fraction of sp³-hybridized carbons (Fsp3) is 0.529. The molecule has 0 radical (unpaired) electrons. The van der Waals surface area contributed by atoms with E-state index in [1.54, 1.807) is 0 Å². The summed E-state index contributed by atoms with van der Waals surface area (Å²) in [6.07, 6.45) is 13.6. The van der Waals surface area contributed by atoms with Crippen molar-refractivity contribution in [1.82, 2.24) is 0 Å².